The van der Waals surface area contributed by atoms with E-state index in [0.29, 0.717) is 19.0 Å². The van der Waals surface area contributed by atoms with Crippen molar-refractivity contribution in [3.63, 3.8) is 0 Å². The van der Waals surface area contributed by atoms with Crippen molar-refractivity contribution in [3.05, 3.63) is 35.9 Å². The van der Waals surface area contributed by atoms with Gasteiger partial charge in [0.15, 0.2) is 0 Å². The van der Waals surface area contributed by atoms with Crippen LogP contribution in [0.3, 0.4) is 0 Å². The number of likely N-dealkylation sites (tertiary alicyclic amines) is 1. The first-order valence-electron chi connectivity index (χ1n) is 8.58. The Labute approximate surface area is 138 Å². The number of hydrogen-bond donors (Lipinski definition) is 1. The molecular formula is C19H27NO3. The van der Waals surface area contributed by atoms with E-state index < -0.39 is 5.97 Å². The van der Waals surface area contributed by atoms with Crippen LogP contribution in [0.1, 0.15) is 51.0 Å². The summed E-state index contributed by atoms with van der Waals surface area (Å²) in [4.78, 5) is 25.8. The SMILES string of the molecule is CCC(C)C(C(=O)N1CCC(CC(=O)O)CC1)c1ccccc1. The molecule has 1 fully saturated rings. The monoisotopic (exact) mass is 317 g/mol. The molecule has 1 aliphatic heterocycles. The first-order valence-corrected chi connectivity index (χ1v) is 8.58. The molecule has 4 heteroatoms. The number of aliphatic carboxylic acids is 1. The summed E-state index contributed by atoms with van der Waals surface area (Å²) in [6.07, 6.45) is 2.76. The number of amides is 1. The van der Waals surface area contributed by atoms with Gasteiger partial charge in [-0.15, -0.1) is 0 Å². The molecule has 23 heavy (non-hydrogen) atoms. The average molecular weight is 317 g/mol. The maximum Gasteiger partial charge on any atom is 0.303 e. The predicted molar refractivity (Wildman–Crippen MR) is 90.2 cm³/mol. The molecular weight excluding hydrogens is 290 g/mol. The Morgan fingerprint density at radius 3 is 2.35 bits per heavy atom. The Morgan fingerprint density at radius 2 is 1.83 bits per heavy atom. The third-order valence-electron chi connectivity index (χ3n) is 5.03. The molecule has 126 valence electrons. The van der Waals surface area contributed by atoms with E-state index in [-0.39, 0.29) is 24.2 Å². The summed E-state index contributed by atoms with van der Waals surface area (Å²) in [5, 5.41) is 8.90. The normalized spacial score (nSPS) is 18.4. The molecule has 1 N–H and O–H groups in total. The van der Waals surface area contributed by atoms with E-state index in [1.807, 2.05) is 35.2 Å². The number of hydrogen-bond acceptors (Lipinski definition) is 2. The number of carbonyl (C=O) groups excluding carboxylic acids is 1. The van der Waals surface area contributed by atoms with E-state index in [9.17, 15) is 9.59 Å². The van der Waals surface area contributed by atoms with E-state index in [2.05, 4.69) is 13.8 Å². The van der Waals surface area contributed by atoms with Gasteiger partial charge in [-0.1, -0.05) is 50.6 Å². The molecule has 0 aliphatic carbocycles. The fourth-order valence-corrected chi connectivity index (χ4v) is 3.41. The molecule has 0 bridgehead atoms. The van der Waals surface area contributed by atoms with Crippen molar-refractivity contribution in [3.8, 4) is 0 Å². The maximum absolute atomic E-state index is 13.0. The van der Waals surface area contributed by atoms with Crippen LogP contribution in [-0.2, 0) is 9.59 Å². The van der Waals surface area contributed by atoms with Gasteiger partial charge in [-0.25, -0.2) is 0 Å². The predicted octanol–water partition coefficient (Wildman–Crippen LogP) is 3.53. The second kappa shape index (κ2) is 8.14. The van der Waals surface area contributed by atoms with Crippen molar-refractivity contribution in [2.45, 2.75) is 45.4 Å². The molecule has 2 unspecified atom stereocenters. The number of carboxylic acids is 1. The minimum absolute atomic E-state index is 0.0998. The summed E-state index contributed by atoms with van der Waals surface area (Å²) < 4.78 is 0. The number of rotatable bonds is 6. The number of nitrogens with zero attached hydrogens (tertiary/aromatic N) is 1. The van der Waals surface area contributed by atoms with Gasteiger partial charge in [0.05, 0.1) is 5.92 Å². The first kappa shape index (κ1) is 17.5. The van der Waals surface area contributed by atoms with Crippen LogP contribution in [0.2, 0.25) is 0 Å². The Kier molecular flexibility index (Phi) is 6.20. The van der Waals surface area contributed by atoms with E-state index in [0.717, 1.165) is 24.8 Å². The molecule has 0 spiro atoms. The lowest BCUT2D eigenvalue weighted by molar-refractivity contribution is -0.139. The minimum Gasteiger partial charge on any atom is -0.481 e. The lowest BCUT2D eigenvalue weighted by atomic mass is 9.83. The van der Waals surface area contributed by atoms with Crippen molar-refractivity contribution in [2.24, 2.45) is 11.8 Å². The van der Waals surface area contributed by atoms with Crippen molar-refractivity contribution in [1.82, 2.24) is 4.90 Å². The lowest BCUT2D eigenvalue weighted by Gasteiger charge is -2.35. The standard InChI is InChI=1S/C19H27NO3/c1-3-14(2)18(16-7-5-4-6-8-16)19(23)20-11-9-15(10-12-20)13-17(21)22/h4-8,14-15,18H,3,9-13H2,1-2H3,(H,21,22). The molecule has 1 amide bonds. The van der Waals surface area contributed by atoms with Gasteiger partial charge in [0.2, 0.25) is 5.91 Å². The Balaban J connectivity index is 2.06. The maximum atomic E-state index is 13.0. The Hall–Kier alpha value is -1.84. The fourth-order valence-electron chi connectivity index (χ4n) is 3.41. The van der Waals surface area contributed by atoms with Crippen LogP contribution in [0, 0.1) is 11.8 Å². The van der Waals surface area contributed by atoms with Crippen LogP contribution in [-0.4, -0.2) is 35.0 Å². The van der Waals surface area contributed by atoms with E-state index in [1.54, 1.807) is 0 Å². The number of carbonyl (C=O) groups is 2. The van der Waals surface area contributed by atoms with Crippen LogP contribution < -0.4 is 0 Å². The van der Waals surface area contributed by atoms with Gasteiger partial charge < -0.3 is 10.0 Å². The van der Waals surface area contributed by atoms with Gasteiger partial charge in [-0.3, -0.25) is 9.59 Å². The van der Waals surface area contributed by atoms with E-state index in [1.165, 1.54) is 0 Å². The van der Waals surface area contributed by atoms with Crippen LogP contribution in [0.5, 0.6) is 0 Å². The highest BCUT2D eigenvalue weighted by atomic mass is 16.4. The smallest absolute Gasteiger partial charge is 0.303 e. The Morgan fingerprint density at radius 1 is 1.22 bits per heavy atom. The van der Waals surface area contributed by atoms with Crippen molar-refractivity contribution >= 4 is 11.9 Å². The van der Waals surface area contributed by atoms with Gasteiger partial charge in [0.25, 0.3) is 0 Å². The van der Waals surface area contributed by atoms with Crippen LogP contribution in [0.4, 0.5) is 0 Å². The van der Waals surface area contributed by atoms with Gasteiger partial charge in [-0.2, -0.15) is 0 Å². The third-order valence-corrected chi connectivity index (χ3v) is 5.03. The number of carboxylic acid groups (broad SMARTS) is 1. The molecule has 1 heterocycles. The third kappa shape index (κ3) is 4.57. The number of piperidine rings is 1. The highest BCUT2D eigenvalue weighted by Gasteiger charge is 2.32. The van der Waals surface area contributed by atoms with E-state index in [4.69, 9.17) is 5.11 Å². The summed E-state index contributed by atoms with van der Waals surface area (Å²) in [7, 11) is 0. The molecule has 1 aromatic carbocycles. The lowest BCUT2D eigenvalue weighted by Crippen LogP contribution is -2.42. The first-order chi connectivity index (χ1) is 11.0. The summed E-state index contributed by atoms with van der Waals surface area (Å²) >= 11 is 0. The van der Waals surface area contributed by atoms with Gasteiger partial charge in [0, 0.05) is 19.5 Å². The summed E-state index contributed by atoms with van der Waals surface area (Å²) in [6.45, 7) is 5.60. The second-order valence-corrected chi connectivity index (χ2v) is 6.64. The van der Waals surface area contributed by atoms with Gasteiger partial charge in [0.1, 0.15) is 0 Å². The Bertz CT molecular complexity index is 521. The minimum atomic E-state index is -0.739. The zero-order chi connectivity index (χ0) is 16.8. The summed E-state index contributed by atoms with van der Waals surface area (Å²) in [5.74, 6) is -0.148. The van der Waals surface area contributed by atoms with Crippen LogP contribution in [0.25, 0.3) is 0 Å². The van der Waals surface area contributed by atoms with Crippen LogP contribution >= 0.6 is 0 Å². The van der Waals surface area contributed by atoms with E-state index >= 15 is 0 Å². The topological polar surface area (TPSA) is 57.6 Å². The molecule has 1 aromatic rings. The molecule has 0 aromatic heterocycles. The van der Waals surface area contributed by atoms with Crippen molar-refractivity contribution in [2.75, 3.05) is 13.1 Å². The fraction of sp³-hybridized carbons (Fsp3) is 0.579. The molecule has 2 rings (SSSR count). The van der Waals surface area contributed by atoms with Gasteiger partial charge in [-0.05, 0) is 30.2 Å². The van der Waals surface area contributed by atoms with Crippen molar-refractivity contribution < 1.29 is 14.7 Å². The summed E-state index contributed by atoms with van der Waals surface area (Å²) in [6, 6.07) is 10.0. The average Bonchev–Trinajstić information content (AvgIpc) is 2.56. The molecule has 0 saturated carbocycles. The molecule has 1 saturated heterocycles. The summed E-state index contributed by atoms with van der Waals surface area (Å²) in [5.41, 5.74) is 1.08. The second-order valence-electron chi connectivity index (χ2n) is 6.64. The van der Waals surface area contributed by atoms with Gasteiger partial charge >= 0.3 is 5.97 Å². The number of benzene rings is 1. The quantitative estimate of drug-likeness (QED) is 0.873. The highest BCUT2D eigenvalue weighted by molar-refractivity contribution is 5.84. The highest BCUT2D eigenvalue weighted by Crippen LogP contribution is 2.31. The molecule has 1 aliphatic rings. The van der Waals surface area contributed by atoms with Crippen LogP contribution in [0.15, 0.2) is 30.3 Å². The molecule has 4 nitrogen and oxygen atoms in total. The largest absolute Gasteiger partial charge is 0.481 e. The zero-order valence-corrected chi connectivity index (χ0v) is 14.1. The zero-order valence-electron chi connectivity index (χ0n) is 14.1. The molecule has 0 radical (unpaired) electrons. The van der Waals surface area contributed by atoms with Crippen molar-refractivity contribution in [1.29, 1.82) is 0 Å². The molecule has 2 atom stereocenters.